The first-order valence-corrected chi connectivity index (χ1v) is 7.17. The number of hydrogen-bond donors (Lipinski definition) is 1. The Morgan fingerprint density at radius 2 is 1.59 bits per heavy atom. The number of anilines is 1. The van der Waals surface area contributed by atoms with Crippen molar-refractivity contribution >= 4 is 11.5 Å². The minimum Gasteiger partial charge on any atom is -0.496 e. The van der Waals surface area contributed by atoms with E-state index >= 15 is 0 Å². The summed E-state index contributed by atoms with van der Waals surface area (Å²) in [6.07, 6.45) is 0.373. The normalized spacial score (nSPS) is 11.6. The number of nitrogens with one attached hydrogen (secondary N) is 1. The molecule has 0 aliphatic heterocycles. The monoisotopic (exact) mass is 299 g/mol. The number of ketones is 1. The highest BCUT2D eigenvalue weighted by Gasteiger charge is 2.19. The summed E-state index contributed by atoms with van der Waals surface area (Å²) in [4.78, 5) is 11.7. The number of carbonyl (C=O) groups excluding carboxylic acids is 1. The average molecular weight is 299 g/mol. The first kappa shape index (κ1) is 15.9. The van der Waals surface area contributed by atoms with E-state index in [1.54, 1.807) is 21.1 Å². The van der Waals surface area contributed by atoms with E-state index in [9.17, 15) is 4.79 Å². The number of carbonyl (C=O) groups is 1. The average Bonchev–Trinajstić information content (AvgIpc) is 2.54. The molecule has 0 aliphatic rings. The van der Waals surface area contributed by atoms with Crippen LogP contribution in [0.2, 0.25) is 0 Å². The van der Waals surface area contributed by atoms with Crippen molar-refractivity contribution in [2.75, 3.05) is 19.5 Å². The largest absolute Gasteiger partial charge is 0.496 e. The van der Waals surface area contributed by atoms with E-state index in [1.165, 1.54) is 0 Å². The zero-order chi connectivity index (χ0) is 15.9. The van der Waals surface area contributed by atoms with Crippen molar-refractivity contribution in [3.8, 4) is 11.5 Å². The van der Waals surface area contributed by atoms with Gasteiger partial charge in [-0.2, -0.15) is 0 Å². The lowest BCUT2D eigenvalue weighted by atomic mass is 10.00. The van der Waals surface area contributed by atoms with E-state index in [-0.39, 0.29) is 11.8 Å². The number of methoxy groups -OCH3 is 2. The molecule has 0 aliphatic carbocycles. The quantitative estimate of drug-likeness (QED) is 0.844. The van der Waals surface area contributed by atoms with Crippen LogP contribution in [0.5, 0.6) is 11.5 Å². The number of hydrogen-bond acceptors (Lipinski definition) is 4. The van der Waals surface area contributed by atoms with Crippen LogP contribution in [0, 0.1) is 0 Å². The van der Waals surface area contributed by atoms with Crippen LogP contribution in [0.15, 0.2) is 48.5 Å². The summed E-state index contributed by atoms with van der Waals surface area (Å²) in [5.41, 5.74) is 1.80. The summed E-state index contributed by atoms with van der Waals surface area (Å²) in [7, 11) is 3.26. The molecule has 4 nitrogen and oxygen atoms in total. The van der Waals surface area contributed by atoms with Crippen molar-refractivity contribution < 1.29 is 14.3 Å². The van der Waals surface area contributed by atoms with Crippen LogP contribution in [0.1, 0.15) is 24.9 Å². The van der Waals surface area contributed by atoms with Crippen LogP contribution < -0.4 is 14.8 Å². The Morgan fingerprint density at radius 1 is 1.00 bits per heavy atom. The Morgan fingerprint density at radius 3 is 2.23 bits per heavy atom. The minimum absolute atomic E-state index is 0.110. The van der Waals surface area contributed by atoms with E-state index in [0.29, 0.717) is 6.42 Å². The Labute approximate surface area is 131 Å². The van der Waals surface area contributed by atoms with Gasteiger partial charge in [0.25, 0.3) is 0 Å². The third-order valence-electron chi connectivity index (χ3n) is 3.44. The smallest absolute Gasteiger partial charge is 0.141 e. The Kier molecular flexibility index (Phi) is 5.42. The van der Waals surface area contributed by atoms with Gasteiger partial charge in [-0.25, -0.2) is 0 Å². The second kappa shape index (κ2) is 7.50. The van der Waals surface area contributed by atoms with Crippen molar-refractivity contribution in [3.05, 3.63) is 54.1 Å². The van der Waals surface area contributed by atoms with Gasteiger partial charge in [-0.1, -0.05) is 30.3 Å². The number of ether oxygens (including phenoxy) is 2. The lowest BCUT2D eigenvalue weighted by Crippen LogP contribution is -2.15. The van der Waals surface area contributed by atoms with E-state index in [0.717, 1.165) is 22.7 Å². The topological polar surface area (TPSA) is 47.6 Å². The lowest BCUT2D eigenvalue weighted by Gasteiger charge is -2.22. The first-order valence-electron chi connectivity index (χ1n) is 7.17. The molecule has 0 aromatic heterocycles. The van der Waals surface area contributed by atoms with Crippen LogP contribution in [0.3, 0.4) is 0 Å². The summed E-state index contributed by atoms with van der Waals surface area (Å²) in [5.74, 6) is 1.61. The van der Waals surface area contributed by atoms with Gasteiger partial charge in [0.15, 0.2) is 0 Å². The fourth-order valence-corrected chi connectivity index (χ4v) is 2.43. The number of para-hydroxylation sites is 3. The SMILES string of the molecule is COc1ccccc1NC(CC(C)=O)c1ccccc1OC. The molecule has 2 aromatic carbocycles. The van der Waals surface area contributed by atoms with Crippen molar-refractivity contribution in [1.82, 2.24) is 0 Å². The molecule has 0 saturated heterocycles. The van der Waals surface area contributed by atoms with E-state index in [2.05, 4.69) is 5.32 Å². The van der Waals surface area contributed by atoms with Gasteiger partial charge in [0.2, 0.25) is 0 Å². The standard InChI is InChI=1S/C18H21NO3/c1-13(20)12-16(14-8-4-6-10-17(14)21-2)19-15-9-5-7-11-18(15)22-3/h4-11,16,19H,12H2,1-3H3. The Hall–Kier alpha value is -2.49. The summed E-state index contributed by atoms with van der Waals surface area (Å²) < 4.78 is 10.8. The van der Waals surface area contributed by atoms with Gasteiger partial charge >= 0.3 is 0 Å². The van der Waals surface area contributed by atoms with Gasteiger partial charge in [0, 0.05) is 12.0 Å². The molecule has 2 aromatic rings. The van der Waals surface area contributed by atoms with Crippen LogP contribution in [0.25, 0.3) is 0 Å². The second-order valence-electron chi connectivity index (χ2n) is 5.05. The van der Waals surface area contributed by atoms with Crippen molar-refractivity contribution in [2.45, 2.75) is 19.4 Å². The zero-order valence-corrected chi connectivity index (χ0v) is 13.1. The molecule has 1 N–H and O–H groups in total. The second-order valence-corrected chi connectivity index (χ2v) is 5.05. The van der Waals surface area contributed by atoms with Gasteiger partial charge in [-0.3, -0.25) is 4.79 Å². The molecule has 2 rings (SSSR count). The van der Waals surface area contributed by atoms with Crippen LogP contribution in [0.4, 0.5) is 5.69 Å². The van der Waals surface area contributed by atoms with Gasteiger partial charge < -0.3 is 14.8 Å². The van der Waals surface area contributed by atoms with Crippen molar-refractivity contribution in [1.29, 1.82) is 0 Å². The summed E-state index contributed by atoms with van der Waals surface area (Å²) in [6.45, 7) is 1.59. The molecule has 0 bridgehead atoms. The molecule has 1 unspecified atom stereocenters. The maximum Gasteiger partial charge on any atom is 0.141 e. The van der Waals surface area contributed by atoms with Crippen LogP contribution >= 0.6 is 0 Å². The predicted octanol–water partition coefficient (Wildman–Crippen LogP) is 3.84. The summed E-state index contributed by atoms with van der Waals surface area (Å²) in [5, 5.41) is 3.40. The third-order valence-corrected chi connectivity index (χ3v) is 3.44. The molecule has 0 saturated carbocycles. The van der Waals surface area contributed by atoms with Crippen LogP contribution in [-0.4, -0.2) is 20.0 Å². The van der Waals surface area contributed by atoms with Crippen LogP contribution in [-0.2, 0) is 4.79 Å². The molecule has 0 spiro atoms. The lowest BCUT2D eigenvalue weighted by molar-refractivity contribution is -0.117. The number of Topliss-reactive ketones (excluding diaryl/α,β-unsaturated/α-hetero) is 1. The number of benzene rings is 2. The zero-order valence-electron chi connectivity index (χ0n) is 13.1. The fourth-order valence-electron chi connectivity index (χ4n) is 2.43. The molecule has 0 amide bonds. The van der Waals surface area contributed by atoms with Gasteiger partial charge in [-0.15, -0.1) is 0 Å². The summed E-state index contributed by atoms with van der Waals surface area (Å²) in [6, 6.07) is 15.2. The van der Waals surface area contributed by atoms with Gasteiger partial charge in [0.05, 0.1) is 25.9 Å². The molecule has 4 heteroatoms. The summed E-state index contributed by atoms with van der Waals surface area (Å²) >= 11 is 0. The molecule has 0 radical (unpaired) electrons. The molecule has 22 heavy (non-hydrogen) atoms. The molecule has 0 fully saturated rings. The molecule has 0 heterocycles. The number of rotatable bonds is 7. The minimum atomic E-state index is -0.176. The maximum atomic E-state index is 11.7. The van der Waals surface area contributed by atoms with E-state index in [4.69, 9.17) is 9.47 Å². The highest BCUT2D eigenvalue weighted by molar-refractivity contribution is 5.77. The molecular weight excluding hydrogens is 278 g/mol. The molecular formula is C18H21NO3. The van der Waals surface area contributed by atoms with Gasteiger partial charge in [-0.05, 0) is 25.1 Å². The van der Waals surface area contributed by atoms with Crippen molar-refractivity contribution in [2.24, 2.45) is 0 Å². The Bertz CT molecular complexity index is 640. The fraction of sp³-hybridized carbons (Fsp3) is 0.278. The highest BCUT2D eigenvalue weighted by Crippen LogP contribution is 2.33. The predicted molar refractivity (Wildman–Crippen MR) is 87.6 cm³/mol. The van der Waals surface area contributed by atoms with Gasteiger partial charge in [0.1, 0.15) is 17.3 Å². The molecule has 1 atom stereocenters. The maximum absolute atomic E-state index is 11.7. The van der Waals surface area contributed by atoms with E-state index < -0.39 is 0 Å². The highest BCUT2D eigenvalue weighted by atomic mass is 16.5. The van der Waals surface area contributed by atoms with Crippen molar-refractivity contribution in [3.63, 3.8) is 0 Å². The first-order chi connectivity index (χ1) is 10.7. The molecule has 116 valence electrons. The Balaban J connectivity index is 2.36. The third kappa shape index (κ3) is 3.79. The van der Waals surface area contributed by atoms with E-state index in [1.807, 2.05) is 48.5 Å².